The molecule has 1 aromatic carbocycles. The normalized spacial score (nSPS) is 11.2. The minimum absolute atomic E-state index is 0.101. The first-order valence-corrected chi connectivity index (χ1v) is 7.25. The van der Waals surface area contributed by atoms with Crippen molar-refractivity contribution in [2.75, 3.05) is 6.61 Å². The molecule has 0 saturated heterocycles. The summed E-state index contributed by atoms with van der Waals surface area (Å²) in [5, 5.41) is 14.6. The zero-order chi connectivity index (χ0) is 17.5. The minimum atomic E-state index is -0.519. The number of carbonyl (C=O) groups excluding carboxylic acids is 1. The summed E-state index contributed by atoms with van der Waals surface area (Å²) in [6.45, 7) is 3.59. The number of aromatic nitrogens is 1. The molecule has 0 saturated carbocycles. The number of carbonyl (C=O) groups is 1. The molecule has 0 spiro atoms. The van der Waals surface area contributed by atoms with Crippen LogP contribution >= 0.6 is 0 Å². The fourth-order valence-electron chi connectivity index (χ4n) is 1.96. The summed E-state index contributed by atoms with van der Waals surface area (Å²) in [4.78, 5) is 21.7. The van der Waals surface area contributed by atoms with E-state index in [2.05, 4.69) is 5.16 Å². The number of benzene rings is 1. The van der Waals surface area contributed by atoms with Gasteiger partial charge in [0.2, 0.25) is 5.76 Å². The van der Waals surface area contributed by atoms with E-state index in [4.69, 9.17) is 9.26 Å². The van der Waals surface area contributed by atoms with Gasteiger partial charge in [-0.1, -0.05) is 35.5 Å². The molecule has 0 aliphatic heterocycles. The number of nitro groups is 1. The molecule has 1 heterocycles. The lowest BCUT2D eigenvalue weighted by molar-refractivity contribution is -0.386. The molecule has 124 valence electrons. The van der Waals surface area contributed by atoms with Crippen LogP contribution in [0.1, 0.15) is 29.5 Å². The second kappa shape index (κ2) is 7.87. The summed E-state index contributed by atoms with van der Waals surface area (Å²) in [7, 11) is 0. The molecule has 0 aliphatic rings. The smallest absolute Gasteiger partial charge is 0.338 e. The number of rotatable bonds is 6. The van der Waals surface area contributed by atoms with Crippen molar-refractivity contribution in [3.05, 3.63) is 63.0 Å². The van der Waals surface area contributed by atoms with Crippen molar-refractivity contribution in [2.45, 2.75) is 13.8 Å². The van der Waals surface area contributed by atoms with E-state index in [0.29, 0.717) is 6.61 Å². The van der Waals surface area contributed by atoms with Gasteiger partial charge in [0.25, 0.3) is 0 Å². The average molecular weight is 328 g/mol. The van der Waals surface area contributed by atoms with Crippen LogP contribution in [0, 0.1) is 17.0 Å². The molecule has 0 atom stereocenters. The van der Waals surface area contributed by atoms with Crippen LogP contribution in [-0.2, 0) is 9.53 Å². The molecule has 0 fully saturated rings. The highest BCUT2D eigenvalue weighted by Gasteiger charge is 2.21. The third-order valence-corrected chi connectivity index (χ3v) is 3.10. The topological polar surface area (TPSA) is 95.5 Å². The molecule has 0 aliphatic carbocycles. The van der Waals surface area contributed by atoms with Crippen molar-refractivity contribution in [1.29, 1.82) is 0 Å². The molecular weight excluding hydrogens is 312 g/mol. The van der Waals surface area contributed by atoms with Crippen LogP contribution in [0.2, 0.25) is 0 Å². The van der Waals surface area contributed by atoms with Crippen molar-refractivity contribution < 1.29 is 19.0 Å². The Kier molecular flexibility index (Phi) is 5.62. The summed E-state index contributed by atoms with van der Waals surface area (Å²) in [6, 6.07) is 7.26. The third kappa shape index (κ3) is 4.39. The van der Waals surface area contributed by atoms with E-state index in [1.807, 2.05) is 24.3 Å². The quantitative estimate of drug-likeness (QED) is 0.348. The summed E-state index contributed by atoms with van der Waals surface area (Å²) >= 11 is 0. The van der Waals surface area contributed by atoms with E-state index in [1.54, 1.807) is 19.1 Å². The molecule has 1 aromatic heterocycles. The van der Waals surface area contributed by atoms with Crippen molar-refractivity contribution >= 4 is 29.9 Å². The summed E-state index contributed by atoms with van der Waals surface area (Å²) in [5.41, 5.74) is 1.76. The largest absolute Gasteiger partial charge is 0.463 e. The molecule has 0 unspecified atom stereocenters. The summed E-state index contributed by atoms with van der Waals surface area (Å²) in [5.74, 6) is -0.293. The number of aryl methyl sites for hydroxylation is 1. The maximum Gasteiger partial charge on any atom is 0.338 e. The zero-order valence-corrected chi connectivity index (χ0v) is 13.3. The van der Waals surface area contributed by atoms with Gasteiger partial charge in [-0.3, -0.25) is 10.1 Å². The van der Waals surface area contributed by atoms with E-state index < -0.39 is 10.9 Å². The van der Waals surface area contributed by atoms with Gasteiger partial charge in [-0.2, -0.15) is 0 Å². The predicted molar refractivity (Wildman–Crippen MR) is 88.9 cm³/mol. The van der Waals surface area contributed by atoms with E-state index in [1.165, 1.54) is 19.1 Å². The SMILES string of the molecule is CCOC(=O)/C=C/c1ccc(/C=C/c2onc(C)c2[N+](=O)[O-])cc1. The van der Waals surface area contributed by atoms with Gasteiger partial charge in [0.15, 0.2) is 5.69 Å². The van der Waals surface area contributed by atoms with Gasteiger partial charge in [-0.15, -0.1) is 0 Å². The van der Waals surface area contributed by atoms with Crippen LogP contribution in [0.25, 0.3) is 18.2 Å². The molecule has 0 bridgehead atoms. The minimum Gasteiger partial charge on any atom is -0.463 e. The first-order chi connectivity index (χ1) is 11.5. The Hall–Kier alpha value is -3.22. The van der Waals surface area contributed by atoms with Crippen molar-refractivity contribution in [3.8, 4) is 0 Å². The lowest BCUT2D eigenvalue weighted by atomic mass is 10.1. The Morgan fingerprint density at radius 3 is 2.46 bits per heavy atom. The van der Waals surface area contributed by atoms with Crippen LogP contribution in [0.15, 0.2) is 34.9 Å². The molecule has 24 heavy (non-hydrogen) atoms. The Labute approximate surface area is 138 Å². The second-order valence-corrected chi connectivity index (χ2v) is 4.82. The van der Waals surface area contributed by atoms with Crippen LogP contribution in [0.4, 0.5) is 5.69 Å². The van der Waals surface area contributed by atoms with Gasteiger partial charge in [0.1, 0.15) is 0 Å². The molecule has 2 aromatic rings. The lowest BCUT2D eigenvalue weighted by Crippen LogP contribution is -1.98. The van der Waals surface area contributed by atoms with Gasteiger partial charge < -0.3 is 9.26 Å². The molecular formula is C17H16N2O5. The van der Waals surface area contributed by atoms with Crippen LogP contribution in [0.5, 0.6) is 0 Å². The molecule has 7 heteroatoms. The fraction of sp³-hybridized carbons (Fsp3) is 0.176. The highest BCUT2D eigenvalue weighted by molar-refractivity contribution is 5.87. The standard InChI is InChI=1S/C17H16N2O5/c1-3-23-16(20)11-9-14-6-4-13(5-7-14)8-10-15-17(19(21)22)12(2)18-24-15/h4-11H,3H2,1-2H3/b10-8+,11-9+. The fourth-order valence-corrected chi connectivity index (χ4v) is 1.96. The average Bonchev–Trinajstić information content (AvgIpc) is 2.93. The molecule has 7 nitrogen and oxygen atoms in total. The summed E-state index contributed by atoms with van der Waals surface area (Å²) < 4.78 is 9.75. The highest BCUT2D eigenvalue weighted by Crippen LogP contribution is 2.24. The van der Waals surface area contributed by atoms with Crippen molar-refractivity contribution in [3.63, 3.8) is 0 Å². The highest BCUT2D eigenvalue weighted by atomic mass is 16.6. The number of ether oxygens (including phenoxy) is 1. The maximum atomic E-state index is 11.2. The second-order valence-electron chi connectivity index (χ2n) is 4.82. The lowest BCUT2D eigenvalue weighted by Gasteiger charge is -1.97. The number of hydrogen-bond acceptors (Lipinski definition) is 6. The maximum absolute atomic E-state index is 11.2. The Bertz CT molecular complexity index is 788. The number of esters is 1. The van der Waals surface area contributed by atoms with E-state index in [9.17, 15) is 14.9 Å². The monoisotopic (exact) mass is 328 g/mol. The molecule has 0 radical (unpaired) electrons. The van der Waals surface area contributed by atoms with Crippen molar-refractivity contribution in [2.24, 2.45) is 0 Å². The zero-order valence-electron chi connectivity index (χ0n) is 13.3. The van der Waals surface area contributed by atoms with Gasteiger partial charge in [0, 0.05) is 6.08 Å². The van der Waals surface area contributed by atoms with E-state index >= 15 is 0 Å². The van der Waals surface area contributed by atoms with Gasteiger partial charge >= 0.3 is 11.7 Å². The molecule has 0 N–H and O–H groups in total. The van der Waals surface area contributed by atoms with Gasteiger partial charge in [-0.25, -0.2) is 4.79 Å². The third-order valence-electron chi connectivity index (χ3n) is 3.10. The molecule has 2 rings (SSSR count). The first kappa shape index (κ1) is 17.1. The number of hydrogen-bond donors (Lipinski definition) is 0. The first-order valence-electron chi connectivity index (χ1n) is 7.25. The Balaban J connectivity index is 2.09. The Morgan fingerprint density at radius 2 is 1.88 bits per heavy atom. The van der Waals surface area contributed by atoms with Crippen molar-refractivity contribution in [1.82, 2.24) is 5.16 Å². The summed E-state index contributed by atoms with van der Waals surface area (Å²) in [6.07, 6.45) is 6.19. The Morgan fingerprint density at radius 1 is 1.25 bits per heavy atom. The number of nitrogens with zero attached hydrogens (tertiary/aromatic N) is 2. The molecule has 0 amide bonds. The van der Waals surface area contributed by atoms with Crippen LogP contribution in [-0.4, -0.2) is 22.7 Å². The van der Waals surface area contributed by atoms with Gasteiger partial charge in [0.05, 0.1) is 11.5 Å². The predicted octanol–water partition coefficient (Wildman–Crippen LogP) is 3.64. The van der Waals surface area contributed by atoms with E-state index in [-0.39, 0.29) is 17.1 Å². The van der Waals surface area contributed by atoms with E-state index in [0.717, 1.165) is 11.1 Å². The van der Waals surface area contributed by atoms with Crippen LogP contribution < -0.4 is 0 Å². The van der Waals surface area contributed by atoms with Gasteiger partial charge in [-0.05, 0) is 37.1 Å². The van der Waals surface area contributed by atoms with Crippen LogP contribution in [0.3, 0.4) is 0 Å².